The zero-order chi connectivity index (χ0) is 20.2. The van der Waals surface area contributed by atoms with Gasteiger partial charge in [-0.25, -0.2) is 0 Å². The van der Waals surface area contributed by atoms with E-state index in [9.17, 15) is 31.1 Å². The fraction of sp³-hybridized carbons (Fsp3) is 0.278. The number of alkyl halides is 6. The molecule has 0 spiro atoms. The minimum absolute atomic E-state index is 0.0197. The van der Waals surface area contributed by atoms with Gasteiger partial charge in [-0.15, -0.1) is 0 Å². The SMILES string of the molecule is COc1ccc(CCNC(=O)c2cc(C(F)(F)F)cc(C(F)(F)F)c2)cc1. The summed E-state index contributed by atoms with van der Waals surface area (Å²) in [6, 6.07) is 7.64. The second kappa shape index (κ2) is 7.89. The molecule has 0 aliphatic heterocycles. The molecule has 0 heterocycles. The van der Waals surface area contributed by atoms with Crippen LogP contribution in [0.15, 0.2) is 42.5 Å². The van der Waals surface area contributed by atoms with Crippen molar-refractivity contribution in [2.75, 3.05) is 13.7 Å². The van der Waals surface area contributed by atoms with Crippen LogP contribution in [0.5, 0.6) is 5.75 Å². The molecule has 3 nitrogen and oxygen atoms in total. The molecule has 0 saturated carbocycles. The van der Waals surface area contributed by atoms with E-state index < -0.39 is 35.0 Å². The second-order valence-corrected chi connectivity index (χ2v) is 5.65. The van der Waals surface area contributed by atoms with Crippen molar-refractivity contribution in [3.8, 4) is 5.75 Å². The van der Waals surface area contributed by atoms with Crippen LogP contribution in [0, 0.1) is 0 Å². The molecule has 146 valence electrons. The fourth-order valence-electron chi connectivity index (χ4n) is 2.30. The minimum atomic E-state index is -5.00. The van der Waals surface area contributed by atoms with Crippen molar-refractivity contribution in [1.29, 1.82) is 0 Å². The summed E-state index contributed by atoms with van der Waals surface area (Å²) in [5, 5.41) is 2.33. The average Bonchev–Trinajstić information content (AvgIpc) is 2.60. The van der Waals surface area contributed by atoms with Crippen LogP contribution in [0.25, 0.3) is 0 Å². The molecule has 2 rings (SSSR count). The average molecular weight is 391 g/mol. The van der Waals surface area contributed by atoms with Crippen LogP contribution in [-0.2, 0) is 18.8 Å². The van der Waals surface area contributed by atoms with E-state index in [0.717, 1.165) is 5.56 Å². The number of carbonyl (C=O) groups is 1. The highest BCUT2D eigenvalue weighted by Gasteiger charge is 2.37. The molecule has 2 aromatic rings. The predicted molar refractivity (Wildman–Crippen MR) is 85.5 cm³/mol. The van der Waals surface area contributed by atoms with Gasteiger partial charge < -0.3 is 10.1 Å². The number of benzene rings is 2. The predicted octanol–water partition coefficient (Wildman–Crippen LogP) is 4.71. The summed E-state index contributed by atoms with van der Waals surface area (Å²) in [4.78, 5) is 12.0. The van der Waals surface area contributed by atoms with Gasteiger partial charge in [-0.1, -0.05) is 12.1 Å². The number of rotatable bonds is 5. The van der Waals surface area contributed by atoms with Crippen LogP contribution in [0.3, 0.4) is 0 Å². The van der Waals surface area contributed by atoms with Gasteiger partial charge in [0.1, 0.15) is 5.75 Å². The third-order valence-corrected chi connectivity index (χ3v) is 3.71. The highest BCUT2D eigenvalue weighted by atomic mass is 19.4. The molecule has 1 N–H and O–H groups in total. The normalized spacial score (nSPS) is 12.0. The van der Waals surface area contributed by atoms with E-state index in [-0.39, 0.29) is 12.6 Å². The van der Waals surface area contributed by atoms with E-state index >= 15 is 0 Å². The number of hydrogen-bond acceptors (Lipinski definition) is 2. The largest absolute Gasteiger partial charge is 0.497 e. The van der Waals surface area contributed by atoms with Crippen LogP contribution in [0.4, 0.5) is 26.3 Å². The molecule has 0 aliphatic carbocycles. The summed E-state index contributed by atoms with van der Waals surface area (Å²) in [7, 11) is 1.50. The molecule has 2 aromatic carbocycles. The van der Waals surface area contributed by atoms with Crippen molar-refractivity contribution >= 4 is 5.91 Å². The summed E-state index contributed by atoms with van der Waals surface area (Å²) in [5.74, 6) is -0.383. The van der Waals surface area contributed by atoms with Crippen LogP contribution in [-0.4, -0.2) is 19.6 Å². The lowest BCUT2D eigenvalue weighted by atomic mass is 10.0. The van der Waals surface area contributed by atoms with Crippen molar-refractivity contribution in [2.45, 2.75) is 18.8 Å². The lowest BCUT2D eigenvalue weighted by Gasteiger charge is -2.14. The molecule has 0 radical (unpaired) electrons. The van der Waals surface area contributed by atoms with Crippen LogP contribution >= 0.6 is 0 Å². The number of ether oxygens (including phenoxy) is 1. The molecular formula is C18H15F6NO2. The maximum atomic E-state index is 12.8. The van der Waals surface area contributed by atoms with Gasteiger partial charge in [-0.05, 0) is 42.3 Å². The first-order valence-electron chi connectivity index (χ1n) is 7.71. The lowest BCUT2D eigenvalue weighted by Crippen LogP contribution is -2.26. The summed E-state index contributed by atoms with van der Waals surface area (Å²) in [6.07, 6.45) is -9.65. The number of amides is 1. The van der Waals surface area contributed by atoms with E-state index in [1.54, 1.807) is 24.3 Å². The smallest absolute Gasteiger partial charge is 0.416 e. The first-order valence-corrected chi connectivity index (χ1v) is 7.71. The lowest BCUT2D eigenvalue weighted by molar-refractivity contribution is -0.143. The first kappa shape index (κ1) is 20.6. The molecular weight excluding hydrogens is 376 g/mol. The van der Waals surface area contributed by atoms with Crippen LogP contribution < -0.4 is 10.1 Å². The Labute approximate surface area is 150 Å². The van der Waals surface area contributed by atoms with Crippen molar-refractivity contribution < 1.29 is 35.9 Å². The zero-order valence-electron chi connectivity index (χ0n) is 14.0. The van der Waals surface area contributed by atoms with E-state index in [1.165, 1.54) is 7.11 Å². The van der Waals surface area contributed by atoms with Gasteiger partial charge in [0.15, 0.2) is 0 Å². The van der Waals surface area contributed by atoms with Crippen molar-refractivity contribution in [2.24, 2.45) is 0 Å². The molecule has 0 bridgehead atoms. The van der Waals surface area contributed by atoms with E-state index in [2.05, 4.69) is 5.32 Å². The fourth-order valence-corrected chi connectivity index (χ4v) is 2.30. The minimum Gasteiger partial charge on any atom is -0.497 e. The Morgan fingerprint density at radius 1 is 0.926 bits per heavy atom. The molecule has 0 aromatic heterocycles. The molecule has 1 amide bonds. The Hall–Kier alpha value is -2.71. The zero-order valence-corrected chi connectivity index (χ0v) is 14.0. The number of nitrogens with one attached hydrogen (secondary N) is 1. The topological polar surface area (TPSA) is 38.3 Å². The Kier molecular flexibility index (Phi) is 6.02. The number of hydrogen-bond donors (Lipinski definition) is 1. The molecule has 0 saturated heterocycles. The van der Waals surface area contributed by atoms with Gasteiger partial charge in [0.05, 0.1) is 18.2 Å². The molecule has 0 aliphatic rings. The van der Waals surface area contributed by atoms with Gasteiger partial charge >= 0.3 is 12.4 Å². The quantitative estimate of drug-likeness (QED) is 0.750. The molecule has 27 heavy (non-hydrogen) atoms. The van der Waals surface area contributed by atoms with E-state index in [4.69, 9.17) is 4.74 Å². The Bertz CT molecular complexity index is 765. The first-order chi connectivity index (χ1) is 12.5. The molecule has 0 unspecified atom stereocenters. The van der Waals surface area contributed by atoms with Gasteiger partial charge in [0, 0.05) is 12.1 Å². The molecule has 0 fully saturated rings. The third-order valence-electron chi connectivity index (χ3n) is 3.71. The maximum absolute atomic E-state index is 12.8. The second-order valence-electron chi connectivity index (χ2n) is 5.65. The Morgan fingerprint density at radius 2 is 1.44 bits per heavy atom. The van der Waals surface area contributed by atoms with Crippen molar-refractivity contribution in [1.82, 2.24) is 5.32 Å². The van der Waals surface area contributed by atoms with Crippen LogP contribution in [0.1, 0.15) is 27.0 Å². The van der Waals surface area contributed by atoms with Gasteiger partial charge in [0.2, 0.25) is 0 Å². The van der Waals surface area contributed by atoms with E-state index in [0.29, 0.717) is 24.3 Å². The molecule has 9 heteroatoms. The highest BCUT2D eigenvalue weighted by molar-refractivity contribution is 5.94. The number of carbonyl (C=O) groups excluding carboxylic acids is 1. The number of halogens is 6. The highest BCUT2D eigenvalue weighted by Crippen LogP contribution is 2.36. The monoisotopic (exact) mass is 391 g/mol. The summed E-state index contributed by atoms with van der Waals surface area (Å²) in [6.45, 7) is 0.0444. The Balaban J connectivity index is 2.12. The van der Waals surface area contributed by atoms with Crippen molar-refractivity contribution in [3.05, 3.63) is 64.7 Å². The third kappa shape index (κ3) is 5.63. The number of methoxy groups -OCH3 is 1. The van der Waals surface area contributed by atoms with Crippen LogP contribution in [0.2, 0.25) is 0 Å². The van der Waals surface area contributed by atoms with Gasteiger partial charge in [0.25, 0.3) is 5.91 Å². The summed E-state index contributed by atoms with van der Waals surface area (Å²) < 4.78 is 81.9. The summed E-state index contributed by atoms with van der Waals surface area (Å²) >= 11 is 0. The Morgan fingerprint density at radius 3 is 1.89 bits per heavy atom. The van der Waals surface area contributed by atoms with Gasteiger partial charge in [-0.3, -0.25) is 4.79 Å². The summed E-state index contributed by atoms with van der Waals surface area (Å²) in [5.41, 5.74) is -2.95. The van der Waals surface area contributed by atoms with E-state index in [1.807, 2.05) is 0 Å². The molecule has 0 atom stereocenters. The standard InChI is InChI=1S/C18H15F6NO2/c1-27-15-4-2-11(3-5-15)6-7-25-16(26)12-8-13(17(19,20)21)10-14(9-12)18(22,23)24/h2-5,8-10H,6-7H2,1H3,(H,25,26). The van der Waals surface area contributed by atoms with Gasteiger partial charge in [-0.2, -0.15) is 26.3 Å². The van der Waals surface area contributed by atoms with Crippen molar-refractivity contribution in [3.63, 3.8) is 0 Å². The maximum Gasteiger partial charge on any atom is 0.416 e.